The first-order valence-corrected chi connectivity index (χ1v) is 10.1. The van der Waals surface area contributed by atoms with E-state index in [4.69, 9.17) is 23.2 Å². The van der Waals surface area contributed by atoms with Gasteiger partial charge in [-0.3, -0.25) is 4.79 Å². The highest BCUT2D eigenvalue weighted by atomic mass is 35.5. The van der Waals surface area contributed by atoms with E-state index in [9.17, 15) is 10.1 Å². The normalized spacial score (nSPS) is 11.3. The summed E-state index contributed by atoms with van der Waals surface area (Å²) in [7, 11) is 0. The van der Waals surface area contributed by atoms with E-state index >= 15 is 0 Å². The molecular weight excluding hydrogens is 417 g/mol. The average molecular weight is 438 g/mol. The van der Waals surface area contributed by atoms with Crippen LogP contribution >= 0.6 is 23.2 Å². The van der Waals surface area contributed by atoms with Gasteiger partial charge in [-0.15, -0.1) is 0 Å². The highest BCUT2D eigenvalue weighted by Gasteiger charge is 2.15. The summed E-state index contributed by atoms with van der Waals surface area (Å²) in [4.78, 5) is 12.7. The molecule has 0 aliphatic heterocycles. The number of nitrogens with one attached hydrogen (secondary N) is 1. The van der Waals surface area contributed by atoms with Crippen LogP contribution in [-0.4, -0.2) is 10.5 Å². The Kier molecular flexibility index (Phi) is 6.36. The van der Waals surface area contributed by atoms with E-state index in [0.717, 1.165) is 33.8 Å². The van der Waals surface area contributed by atoms with Gasteiger partial charge >= 0.3 is 0 Å². The first-order chi connectivity index (χ1) is 14.2. The molecule has 6 heteroatoms. The van der Waals surface area contributed by atoms with Crippen molar-refractivity contribution in [1.29, 1.82) is 5.26 Å². The summed E-state index contributed by atoms with van der Waals surface area (Å²) >= 11 is 12.3. The molecule has 1 aromatic heterocycles. The van der Waals surface area contributed by atoms with Gasteiger partial charge in [0.1, 0.15) is 11.6 Å². The fourth-order valence-electron chi connectivity index (χ4n) is 3.31. The number of rotatable bonds is 4. The number of anilines is 1. The monoisotopic (exact) mass is 437 g/mol. The number of aromatic nitrogens is 1. The molecule has 4 nitrogen and oxygen atoms in total. The number of benzene rings is 2. The maximum atomic E-state index is 12.7. The van der Waals surface area contributed by atoms with Crippen molar-refractivity contribution in [3.63, 3.8) is 0 Å². The number of hydrogen-bond acceptors (Lipinski definition) is 2. The van der Waals surface area contributed by atoms with Gasteiger partial charge in [0.05, 0.1) is 0 Å². The number of nitrogens with zero attached hydrogens (tertiary/aromatic N) is 2. The summed E-state index contributed by atoms with van der Waals surface area (Å²) in [5.41, 5.74) is 6.08. The number of carbonyl (C=O) groups is 1. The van der Waals surface area contributed by atoms with Gasteiger partial charge < -0.3 is 9.88 Å². The molecule has 0 aliphatic rings. The van der Waals surface area contributed by atoms with Crippen LogP contribution < -0.4 is 5.32 Å². The zero-order valence-corrected chi connectivity index (χ0v) is 18.7. The minimum absolute atomic E-state index is 0.0199. The fraction of sp³-hybridized carbons (Fsp3) is 0.167. The van der Waals surface area contributed by atoms with Crippen molar-refractivity contribution in [2.75, 3.05) is 5.32 Å². The lowest BCUT2D eigenvalue weighted by atomic mass is 10.1. The standard InChI is InChI=1S/C24H21Cl2N3O/c1-14-5-7-21(12-22(14)26)29-16(3)10-18(17(29)4)11-19(13-27)24(30)28-23-8-6-20(25)9-15(23)2/h5-12H,1-4H3,(H,28,30)/b19-11+. The molecule has 0 saturated carbocycles. The van der Waals surface area contributed by atoms with E-state index in [-0.39, 0.29) is 5.57 Å². The largest absolute Gasteiger partial charge is 0.321 e. The van der Waals surface area contributed by atoms with E-state index in [1.807, 2.05) is 62.6 Å². The Balaban J connectivity index is 1.95. The quantitative estimate of drug-likeness (QED) is 0.370. The number of aryl methyl sites for hydroxylation is 3. The van der Waals surface area contributed by atoms with Gasteiger partial charge in [-0.05, 0) is 86.9 Å². The van der Waals surface area contributed by atoms with Crippen molar-refractivity contribution in [2.45, 2.75) is 27.7 Å². The van der Waals surface area contributed by atoms with Crippen LogP contribution in [0.2, 0.25) is 10.0 Å². The van der Waals surface area contributed by atoms with Crippen LogP contribution in [0.1, 0.15) is 28.1 Å². The molecule has 0 fully saturated rings. The van der Waals surface area contributed by atoms with Crippen molar-refractivity contribution in [3.8, 4) is 11.8 Å². The van der Waals surface area contributed by atoms with Crippen molar-refractivity contribution in [2.24, 2.45) is 0 Å². The van der Waals surface area contributed by atoms with Crippen LogP contribution in [0.3, 0.4) is 0 Å². The van der Waals surface area contributed by atoms with E-state index in [1.54, 1.807) is 24.3 Å². The Morgan fingerprint density at radius 2 is 1.77 bits per heavy atom. The molecule has 0 radical (unpaired) electrons. The zero-order chi connectivity index (χ0) is 22.0. The maximum absolute atomic E-state index is 12.7. The third kappa shape index (κ3) is 4.43. The molecule has 1 N–H and O–H groups in total. The lowest BCUT2D eigenvalue weighted by Gasteiger charge is -2.11. The summed E-state index contributed by atoms with van der Waals surface area (Å²) < 4.78 is 2.05. The maximum Gasteiger partial charge on any atom is 0.266 e. The zero-order valence-electron chi connectivity index (χ0n) is 17.2. The van der Waals surface area contributed by atoms with Crippen molar-refractivity contribution < 1.29 is 4.79 Å². The summed E-state index contributed by atoms with van der Waals surface area (Å²) in [6.45, 7) is 7.72. The SMILES string of the molecule is Cc1ccc(-n2c(C)cc(/C=C(\C#N)C(=O)Nc3ccc(Cl)cc3C)c2C)cc1Cl. The molecule has 0 atom stereocenters. The number of carbonyl (C=O) groups excluding carboxylic acids is 1. The molecule has 30 heavy (non-hydrogen) atoms. The minimum Gasteiger partial charge on any atom is -0.321 e. The molecule has 2 aromatic carbocycles. The van der Waals surface area contributed by atoms with Crippen LogP contribution in [-0.2, 0) is 4.79 Å². The molecule has 0 spiro atoms. The Labute approximate surface area is 186 Å². The van der Waals surface area contributed by atoms with Gasteiger partial charge in [-0.25, -0.2) is 0 Å². The molecule has 0 bridgehead atoms. The third-order valence-corrected chi connectivity index (χ3v) is 5.63. The van der Waals surface area contributed by atoms with Gasteiger partial charge in [0, 0.05) is 32.8 Å². The van der Waals surface area contributed by atoms with Gasteiger partial charge in [0.25, 0.3) is 5.91 Å². The molecule has 3 rings (SSSR count). The number of amides is 1. The summed E-state index contributed by atoms with van der Waals surface area (Å²) in [6, 6.07) is 15.0. The van der Waals surface area contributed by atoms with Crippen molar-refractivity contribution in [1.82, 2.24) is 4.57 Å². The Morgan fingerprint density at radius 3 is 2.40 bits per heavy atom. The molecule has 0 unspecified atom stereocenters. The number of halogens is 2. The van der Waals surface area contributed by atoms with E-state index < -0.39 is 5.91 Å². The fourth-order valence-corrected chi connectivity index (χ4v) is 3.71. The van der Waals surface area contributed by atoms with Crippen LogP contribution in [0, 0.1) is 39.0 Å². The molecule has 1 heterocycles. The van der Waals surface area contributed by atoms with Crippen LogP contribution in [0.25, 0.3) is 11.8 Å². The Morgan fingerprint density at radius 1 is 1.03 bits per heavy atom. The lowest BCUT2D eigenvalue weighted by molar-refractivity contribution is -0.112. The molecule has 1 amide bonds. The molecular formula is C24H21Cl2N3O. The summed E-state index contributed by atoms with van der Waals surface area (Å²) in [5, 5.41) is 13.6. The highest BCUT2D eigenvalue weighted by molar-refractivity contribution is 6.31. The predicted octanol–water partition coefficient (Wildman–Crippen LogP) is 6.56. The predicted molar refractivity (Wildman–Crippen MR) is 123 cm³/mol. The van der Waals surface area contributed by atoms with E-state index in [0.29, 0.717) is 15.7 Å². The van der Waals surface area contributed by atoms with Crippen LogP contribution in [0.15, 0.2) is 48.0 Å². The summed E-state index contributed by atoms with van der Waals surface area (Å²) in [5.74, 6) is -0.467. The summed E-state index contributed by atoms with van der Waals surface area (Å²) in [6.07, 6.45) is 1.61. The van der Waals surface area contributed by atoms with Crippen molar-refractivity contribution in [3.05, 3.63) is 86.2 Å². The molecule has 3 aromatic rings. The van der Waals surface area contributed by atoms with E-state index in [1.165, 1.54) is 0 Å². The van der Waals surface area contributed by atoms with Crippen molar-refractivity contribution >= 4 is 40.9 Å². The van der Waals surface area contributed by atoms with Gasteiger partial charge in [-0.1, -0.05) is 29.3 Å². The topological polar surface area (TPSA) is 57.8 Å². The molecule has 152 valence electrons. The average Bonchev–Trinajstić information content (AvgIpc) is 2.97. The van der Waals surface area contributed by atoms with Crippen LogP contribution in [0.4, 0.5) is 5.69 Å². The Bertz CT molecular complexity index is 1220. The second-order valence-corrected chi connectivity index (χ2v) is 8.02. The van der Waals surface area contributed by atoms with E-state index in [2.05, 4.69) is 5.32 Å². The second-order valence-electron chi connectivity index (χ2n) is 7.18. The third-order valence-electron chi connectivity index (χ3n) is 4.99. The smallest absolute Gasteiger partial charge is 0.266 e. The Hall–Kier alpha value is -3.00. The first kappa shape index (κ1) is 21.7. The second kappa shape index (κ2) is 8.79. The lowest BCUT2D eigenvalue weighted by Crippen LogP contribution is -2.14. The number of nitriles is 1. The van der Waals surface area contributed by atoms with Gasteiger partial charge in [-0.2, -0.15) is 5.26 Å². The minimum atomic E-state index is -0.467. The highest BCUT2D eigenvalue weighted by Crippen LogP contribution is 2.26. The molecule has 0 aliphatic carbocycles. The van der Waals surface area contributed by atoms with Crippen LogP contribution in [0.5, 0.6) is 0 Å². The molecule has 0 saturated heterocycles. The first-order valence-electron chi connectivity index (χ1n) is 9.36. The van der Waals surface area contributed by atoms with Gasteiger partial charge in [0.15, 0.2) is 0 Å². The van der Waals surface area contributed by atoms with Gasteiger partial charge in [0.2, 0.25) is 0 Å². The number of hydrogen-bond donors (Lipinski definition) is 1.